The fraction of sp³-hybridized carbons (Fsp3) is 0.786. The van der Waals surface area contributed by atoms with Crippen molar-refractivity contribution < 1.29 is 14.7 Å². The fourth-order valence-corrected chi connectivity index (χ4v) is 5.14. The number of carbonyl (C=O) groups excluding carboxylic acids is 1. The van der Waals surface area contributed by atoms with Gasteiger partial charge in [-0.2, -0.15) is 0 Å². The monoisotopic (exact) mass is 347 g/mol. The van der Waals surface area contributed by atoms with E-state index in [1.54, 1.807) is 6.92 Å². The first-order valence-corrected chi connectivity index (χ1v) is 9.94. The normalized spacial score (nSPS) is 19.9. The van der Waals surface area contributed by atoms with Gasteiger partial charge in [-0.15, -0.1) is 0 Å². The van der Waals surface area contributed by atoms with Gasteiger partial charge in [0.1, 0.15) is 6.04 Å². The molecule has 0 aromatic rings. The molecule has 4 N–H and O–H groups in total. The number of rotatable bonds is 10. The second-order valence-electron chi connectivity index (χ2n) is 5.34. The van der Waals surface area contributed by atoms with Crippen LogP contribution in [0.15, 0.2) is 4.99 Å². The number of amidine groups is 1. The predicted octanol–water partition coefficient (Wildman–Crippen LogP) is 2.04. The molecule has 0 aliphatic carbocycles. The van der Waals surface area contributed by atoms with Crippen LogP contribution in [-0.2, 0) is 9.59 Å². The van der Waals surface area contributed by atoms with Crippen molar-refractivity contribution in [3.8, 4) is 0 Å². The molecular formula is C14H25N3O3S2. The Balaban J connectivity index is 2.18. The molecule has 2 atom stereocenters. The van der Waals surface area contributed by atoms with Gasteiger partial charge in [0, 0.05) is 24.0 Å². The Kier molecular flexibility index (Phi) is 9.38. The number of nitrogens with two attached hydrogens (primary N) is 1. The molecule has 0 aromatic heterocycles. The number of aliphatic imine (C=N–C) groups is 1. The van der Waals surface area contributed by atoms with Crippen LogP contribution >= 0.6 is 21.6 Å². The van der Waals surface area contributed by atoms with Gasteiger partial charge in [-0.1, -0.05) is 28.0 Å². The highest BCUT2D eigenvalue weighted by molar-refractivity contribution is 8.77. The van der Waals surface area contributed by atoms with Gasteiger partial charge in [0.15, 0.2) is 0 Å². The number of hydrogen-bond acceptors (Lipinski definition) is 5. The lowest BCUT2D eigenvalue weighted by Gasteiger charge is -2.13. The lowest BCUT2D eigenvalue weighted by Crippen LogP contribution is -2.41. The minimum absolute atomic E-state index is 0.200. The van der Waals surface area contributed by atoms with Crippen LogP contribution in [0.2, 0.25) is 0 Å². The molecule has 1 rings (SSSR count). The minimum atomic E-state index is -1.03. The van der Waals surface area contributed by atoms with Gasteiger partial charge in [0.25, 0.3) is 0 Å². The lowest BCUT2D eigenvalue weighted by molar-refractivity contribution is -0.142. The van der Waals surface area contributed by atoms with E-state index in [1.165, 1.54) is 12.2 Å². The second-order valence-corrected chi connectivity index (χ2v) is 8.13. The van der Waals surface area contributed by atoms with E-state index >= 15 is 0 Å². The van der Waals surface area contributed by atoms with Crippen LogP contribution < -0.4 is 11.1 Å². The van der Waals surface area contributed by atoms with Crippen molar-refractivity contribution >= 4 is 39.3 Å². The molecule has 0 saturated carbocycles. The fourth-order valence-electron chi connectivity index (χ4n) is 2.12. The average molecular weight is 348 g/mol. The van der Waals surface area contributed by atoms with Crippen molar-refractivity contribution in [1.29, 1.82) is 0 Å². The maximum Gasteiger partial charge on any atom is 0.326 e. The largest absolute Gasteiger partial charge is 0.480 e. The summed E-state index contributed by atoms with van der Waals surface area (Å²) in [6.45, 7) is 1.95. The molecule has 0 unspecified atom stereocenters. The van der Waals surface area contributed by atoms with Crippen molar-refractivity contribution in [2.24, 2.45) is 10.7 Å². The summed E-state index contributed by atoms with van der Waals surface area (Å²) in [5, 5.41) is 12.4. The molecular weight excluding hydrogens is 322 g/mol. The summed E-state index contributed by atoms with van der Waals surface area (Å²) in [6, 6.07) is -0.891. The molecule has 0 bridgehead atoms. The highest BCUT2D eigenvalue weighted by Gasteiger charge is 2.19. The van der Waals surface area contributed by atoms with Crippen molar-refractivity contribution in [1.82, 2.24) is 5.32 Å². The average Bonchev–Trinajstić information content (AvgIpc) is 2.95. The van der Waals surface area contributed by atoms with Gasteiger partial charge < -0.3 is 16.2 Å². The maximum atomic E-state index is 11.8. The van der Waals surface area contributed by atoms with E-state index in [2.05, 4.69) is 10.3 Å². The van der Waals surface area contributed by atoms with Crippen LogP contribution in [0.4, 0.5) is 0 Å². The number of nitrogens with one attached hydrogen (secondary N) is 1. The SMILES string of the molecule is CC(N)=NCC[C@H](NC(=O)CCCC[C@@H]1CCSS1)C(=O)O. The molecule has 1 heterocycles. The first kappa shape index (κ1) is 19.2. The zero-order valence-electron chi connectivity index (χ0n) is 12.9. The van der Waals surface area contributed by atoms with E-state index in [-0.39, 0.29) is 12.3 Å². The van der Waals surface area contributed by atoms with Gasteiger partial charge in [-0.25, -0.2) is 4.79 Å². The van der Waals surface area contributed by atoms with Crippen molar-refractivity contribution in [2.45, 2.75) is 56.7 Å². The summed E-state index contributed by atoms with van der Waals surface area (Å²) in [4.78, 5) is 26.9. The Hall–Kier alpha value is -0.890. The molecule has 6 nitrogen and oxygen atoms in total. The Morgan fingerprint density at radius 3 is 2.82 bits per heavy atom. The summed E-state index contributed by atoms with van der Waals surface area (Å²) in [6.07, 6.45) is 4.85. The Labute approximate surface area is 139 Å². The summed E-state index contributed by atoms with van der Waals surface area (Å²) < 4.78 is 0. The first-order chi connectivity index (χ1) is 10.5. The van der Waals surface area contributed by atoms with Crippen LogP contribution in [0.5, 0.6) is 0 Å². The maximum absolute atomic E-state index is 11.8. The summed E-state index contributed by atoms with van der Waals surface area (Å²) in [5.74, 6) is 0.409. The third-order valence-electron chi connectivity index (χ3n) is 3.32. The Morgan fingerprint density at radius 2 is 2.23 bits per heavy atom. The number of hydrogen-bond donors (Lipinski definition) is 3. The van der Waals surface area contributed by atoms with Crippen molar-refractivity contribution in [2.75, 3.05) is 12.3 Å². The second kappa shape index (κ2) is 10.8. The molecule has 0 spiro atoms. The van der Waals surface area contributed by atoms with Gasteiger partial charge in [-0.3, -0.25) is 9.79 Å². The van der Waals surface area contributed by atoms with E-state index < -0.39 is 12.0 Å². The summed E-state index contributed by atoms with van der Waals surface area (Å²) in [7, 11) is 3.86. The van der Waals surface area contributed by atoms with Gasteiger partial charge in [0.05, 0.1) is 5.84 Å². The number of carboxylic acids is 1. The molecule has 0 aromatic carbocycles. The van der Waals surface area contributed by atoms with Crippen LogP contribution in [-0.4, -0.2) is 46.4 Å². The van der Waals surface area contributed by atoms with Gasteiger partial charge in [0.2, 0.25) is 5.91 Å². The molecule has 8 heteroatoms. The van der Waals surface area contributed by atoms with E-state index in [9.17, 15) is 9.59 Å². The lowest BCUT2D eigenvalue weighted by atomic mass is 10.1. The number of unbranched alkanes of at least 4 members (excludes halogenated alkanes) is 1. The van der Waals surface area contributed by atoms with Gasteiger partial charge in [-0.05, 0) is 32.6 Å². The quantitative estimate of drug-likeness (QED) is 0.242. The zero-order chi connectivity index (χ0) is 16.4. The number of carboxylic acid groups (broad SMARTS) is 1. The standard InChI is InChI=1S/C14H25N3O3S2/c1-10(15)16-8-6-12(14(19)20)17-13(18)5-3-2-4-11-7-9-21-22-11/h11-12H,2-9H2,1H3,(H2,15,16)(H,17,18)(H,19,20)/t11-,12+/m1/s1. The number of nitrogens with zero attached hydrogens (tertiary/aromatic N) is 1. The van der Waals surface area contributed by atoms with Crippen LogP contribution in [0, 0.1) is 0 Å². The smallest absolute Gasteiger partial charge is 0.326 e. The van der Waals surface area contributed by atoms with Crippen LogP contribution in [0.1, 0.15) is 45.4 Å². The topological polar surface area (TPSA) is 105 Å². The molecule has 1 fully saturated rings. The molecule has 1 aliphatic rings. The highest BCUT2D eigenvalue weighted by Crippen LogP contribution is 2.39. The number of amides is 1. The summed E-state index contributed by atoms with van der Waals surface area (Å²) >= 11 is 0. The van der Waals surface area contributed by atoms with Crippen LogP contribution in [0.25, 0.3) is 0 Å². The number of aliphatic carboxylic acids is 1. The van der Waals surface area contributed by atoms with E-state index in [4.69, 9.17) is 10.8 Å². The predicted molar refractivity (Wildman–Crippen MR) is 93.3 cm³/mol. The van der Waals surface area contributed by atoms with Crippen molar-refractivity contribution in [3.05, 3.63) is 0 Å². The third-order valence-corrected chi connectivity index (χ3v) is 6.33. The van der Waals surface area contributed by atoms with Crippen LogP contribution in [0.3, 0.4) is 0 Å². The zero-order valence-corrected chi connectivity index (χ0v) is 14.5. The molecule has 1 amide bonds. The highest BCUT2D eigenvalue weighted by atomic mass is 33.1. The van der Waals surface area contributed by atoms with Crippen molar-refractivity contribution in [3.63, 3.8) is 0 Å². The van der Waals surface area contributed by atoms with E-state index in [1.807, 2.05) is 21.6 Å². The molecule has 126 valence electrons. The third kappa shape index (κ3) is 8.53. The Morgan fingerprint density at radius 1 is 1.45 bits per heavy atom. The Bertz CT molecular complexity index is 395. The first-order valence-electron chi connectivity index (χ1n) is 7.56. The molecule has 0 radical (unpaired) electrons. The van der Waals surface area contributed by atoms with E-state index in [0.717, 1.165) is 24.5 Å². The minimum Gasteiger partial charge on any atom is -0.480 e. The molecule has 22 heavy (non-hydrogen) atoms. The van der Waals surface area contributed by atoms with E-state index in [0.29, 0.717) is 18.8 Å². The number of carbonyl (C=O) groups is 2. The molecule has 1 aliphatic heterocycles. The summed E-state index contributed by atoms with van der Waals surface area (Å²) in [5.41, 5.74) is 5.40. The molecule has 1 saturated heterocycles. The van der Waals surface area contributed by atoms with Gasteiger partial charge >= 0.3 is 5.97 Å².